The van der Waals surface area contributed by atoms with Crippen LogP contribution in [0.4, 0.5) is 0 Å². The molecule has 0 saturated carbocycles. The van der Waals surface area contributed by atoms with E-state index in [-0.39, 0.29) is 5.41 Å². The lowest BCUT2D eigenvalue weighted by atomic mass is 9.79. The number of halogens is 3. The van der Waals surface area contributed by atoms with Gasteiger partial charge in [-0.05, 0) is 54.7 Å². The lowest BCUT2D eigenvalue weighted by molar-refractivity contribution is 0.551. The maximum absolute atomic E-state index is 3.74. The van der Waals surface area contributed by atoms with E-state index in [2.05, 4.69) is 104 Å². The van der Waals surface area contributed by atoms with E-state index < -0.39 is 0 Å². The van der Waals surface area contributed by atoms with Gasteiger partial charge in [-0.2, -0.15) is 0 Å². The van der Waals surface area contributed by atoms with Crippen LogP contribution < -0.4 is 0 Å². The highest BCUT2D eigenvalue weighted by atomic mass is 79.9. The summed E-state index contributed by atoms with van der Waals surface area (Å²) in [5.41, 5.74) is 5.53. The van der Waals surface area contributed by atoms with Crippen molar-refractivity contribution in [3.05, 3.63) is 69.2 Å². The third-order valence-corrected chi connectivity index (χ3v) is 6.76. The van der Waals surface area contributed by atoms with E-state index in [1.807, 2.05) is 0 Å². The largest absolute Gasteiger partial charge is 0.0918 e. The summed E-state index contributed by atoms with van der Waals surface area (Å²) in [7, 11) is 0. The molecule has 0 N–H and O–H groups in total. The molecule has 0 aliphatic rings. The topological polar surface area (TPSA) is 0 Å². The Balaban J connectivity index is 2.37. The number of aryl methyl sites for hydroxylation is 2. The minimum Gasteiger partial charge on any atom is -0.0918 e. The van der Waals surface area contributed by atoms with E-state index in [9.17, 15) is 0 Å². The van der Waals surface area contributed by atoms with E-state index in [1.165, 1.54) is 22.3 Å². The lowest BCUT2D eigenvalue weighted by Crippen LogP contribution is -2.33. The average Bonchev–Trinajstić information content (AvgIpc) is 2.49. The van der Waals surface area contributed by atoms with Crippen LogP contribution >= 0.6 is 47.8 Å². The molecule has 0 fully saturated rings. The Labute approximate surface area is 152 Å². The molecule has 2 aromatic carbocycles. The van der Waals surface area contributed by atoms with Gasteiger partial charge in [0, 0.05) is 20.5 Å². The van der Waals surface area contributed by atoms with Gasteiger partial charge in [-0.15, -0.1) is 0 Å². The van der Waals surface area contributed by atoms with Gasteiger partial charge in [-0.1, -0.05) is 78.1 Å². The Bertz CT molecular complexity index is 598. The van der Waals surface area contributed by atoms with Crippen molar-refractivity contribution in [3.63, 3.8) is 0 Å². The first-order valence-corrected chi connectivity index (χ1v) is 9.98. The van der Waals surface area contributed by atoms with E-state index in [0.717, 1.165) is 21.6 Å². The smallest absolute Gasteiger partial charge is 0.0187 e. The van der Waals surface area contributed by atoms with Crippen LogP contribution in [0.25, 0.3) is 0 Å². The van der Waals surface area contributed by atoms with Gasteiger partial charge in [-0.3, -0.25) is 0 Å². The molecule has 0 amide bonds. The number of benzene rings is 2. The summed E-state index contributed by atoms with van der Waals surface area (Å²) < 4.78 is 1.12. The fourth-order valence-corrected chi connectivity index (χ4v) is 4.73. The van der Waals surface area contributed by atoms with Gasteiger partial charge in [-0.25, -0.2) is 0 Å². The molecule has 2 aromatic rings. The van der Waals surface area contributed by atoms with Crippen LogP contribution in [0, 0.1) is 13.8 Å². The second-order valence-electron chi connectivity index (χ2n) is 5.65. The summed E-state index contributed by atoms with van der Waals surface area (Å²) >= 11 is 11.0. The van der Waals surface area contributed by atoms with Crippen LogP contribution in [0.3, 0.4) is 0 Å². The molecule has 0 radical (unpaired) electrons. The fourth-order valence-electron chi connectivity index (χ4n) is 2.49. The van der Waals surface area contributed by atoms with E-state index >= 15 is 0 Å². The van der Waals surface area contributed by atoms with Crippen molar-refractivity contribution in [2.45, 2.75) is 25.7 Å². The van der Waals surface area contributed by atoms with Crippen molar-refractivity contribution in [3.8, 4) is 0 Å². The van der Waals surface area contributed by atoms with Crippen molar-refractivity contribution in [2.24, 2.45) is 0 Å². The SMILES string of the molecule is Cc1ccc(CC(CBr)(CBr)c2ccc(Br)cc2)cc1C. The highest BCUT2D eigenvalue weighted by Gasteiger charge is 2.30. The molecule has 0 aromatic heterocycles. The number of alkyl halides is 2. The molecule has 0 aliphatic heterocycles. The Morgan fingerprint density at radius 2 is 1.48 bits per heavy atom. The van der Waals surface area contributed by atoms with Crippen molar-refractivity contribution < 1.29 is 0 Å². The molecule has 3 heteroatoms. The van der Waals surface area contributed by atoms with Crippen molar-refractivity contribution in [2.75, 3.05) is 10.7 Å². The van der Waals surface area contributed by atoms with Crippen LogP contribution in [0.2, 0.25) is 0 Å². The number of hydrogen-bond acceptors (Lipinski definition) is 0. The zero-order valence-electron chi connectivity index (χ0n) is 12.3. The van der Waals surface area contributed by atoms with Gasteiger partial charge in [0.15, 0.2) is 0 Å². The zero-order chi connectivity index (χ0) is 15.5. The molecule has 21 heavy (non-hydrogen) atoms. The van der Waals surface area contributed by atoms with Crippen molar-refractivity contribution in [1.82, 2.24) is 0 Å². The van der Waals surface area contributed by atoms with Gasteiger partial charge < -0.3 is 0 Å². The molecule has 0 bridgehead atoms. The summed E-state index contributed by atoms with van der Waals surface area (Å²) in [6, 6.07) is 15.5. The molecular formula is C18H19Br3. The molecule has 0 atom stereocenters. The molecule has 2 rings (SSSR count). The normalized spacial score (nSPS) is 11.7. The third-order valence-electron chi connectivity index (χ3n) is 4.08. The quantitative estimate of drug-likeness (QED) is 0.444. The monoisotopic (exact) mass is 472 g/mol. The Hall–Kier alpha value is -0.120. The maximum atomic E-state index is 3.74. The van der Waals surface area contributed by atoms with Gasteiger partial charge >= 0.3 is 0 Å². The molecule has 0 nitrogen and oxygen atoms in total. The highest BCUT2D eigenvalue weighted by Crippen LogP contribution is 2.34. The second-order valence-corrected chi connectivity index (χ2v) is 7.69. The zero-order valence-corrected chi connectivity index (χ0v) is 17.1. The number of hydrogen-bond donors (Lipinski definition) is 0. The van der Waals surface area contributed by atoms with Crippen molar-refractivity contribution >= 4 is 47.8 Å². The molecule has 0 spiro atoms. The molecular weight excluding hydrogens is 456 g/mol. The summed E-state index contributed by atoms with van der Waals surface area (Å²) in [4.78, 5) is 0. The fraction of sp³-hybridized carbons (Fsp3) is 0.333. The van der Waals surface area contributed by atoms with Gasteiger partial charge in [0.1, 0.15) is 0 Å². The standard InChI is InChI=1S/C18H19Br3/c1-13-3-4-15(9-14(13)2)10-18(11-19,12-20)16-5-7-17(21)8-6-16/h3-9H,10-12H2,1-2H3. The van der Waals surface area contributed by atoms with Crippen molar-refractivity contribution in [1.29, 1.82) is 0 Å². The predicted molar refractivity (Wildman–Crippen MR) is 103 cm³/mol. The maximum Gasteiger partial charge on any atom is 0.0187 e. The molecule has 0 aliphatic carbocycles. The Morgan fingerprint density at radius 1 is 0.857 bits per heavy atom. The van der Waals surface area contributed by atoms with E-state index in [0.29, 0.717) is 0 Å². The lowest BCUT2D eigenvalue weighted by Gasteiger charge is -2.31. The Kier molecular flexibility index (Phi) is 6.10. The molecule has 0 saturated heterocycles. The molecule has 0 heterocycles. The van der Waals surface area contributed by atoms with Gasteiger partial charge in [0.2, 0.25) is 0 Å². The van der Waals surface area contributed by atoms with Gasteiger partial charge in [0.25, 0.3) is 0 Å². The summed E-state index contributed by atoms with van der Waals surface area (Å²) in [6.07, 6.45) is 1.02. The van der Waals surface area contributed by atoms with Crippen LogP contribution in [0.1, 0.15) is 22.3 Å². The van der Waals surface area contributed by atoms with Crippen LogP contribution in [-0.4, -0.2) is 10.7 Å². The van der Waals surface area contributed by atoms with E-state index in [1.54, 1.807) is 0 Å². The highest BCUT2D eigenvalue weighted by molar-refractivity contribution is 9.10. The summed E-state index contributed by atoms with van der Waals surface area (Å²) in [6.45, 7) is 4.35. The van der Waals surface area contributed by atoms with E-state index in [4.69, 9.17) is 0 Å². The van der Waals surface area contributed by atoms with Gasteiger partial charge in [0.05, 0.1) is 0 Å². The van der Waals surface area contributed by atoms with Crippen LogP contribution in [-0.2, 0) is 11.8 Å². The predicted octanol–water partition coefficient (Wildman–Crippen LogP) is 6.34. The minimum absolute atomic E-state index is 0.0718. The second kappa shape index (κ2) is 7.43. The minimum atomic E-state index is 0.0718. The molecule has 0 unspecified atom stereocenters. The number of rotatable bonds is 5. The first kappa shape index (κ1) is 17.2. The first-order valence-electron chi connectivity index (χ1n) is 6.95. The summed E-state index contributed by atoms with van der Waals surface area (Å²) in [5.74, 6) is 0. The third kappa shape index (κ3) is 4.00. The molecule has 112 valence electrons. The summed E-state index contributed by atoms with van der Waals surface area (Å²) in [5, 5.41) is 1.86. The Morgan fingerprint density at radius 3 is 2.00 bits per heavy atom. The average molecular weight is 475 g/mol. The van der Waals surface area contributed by atoms with Crippen LogP contribution in [0.15, 0.2) is 46.9 Å². The first-order chi connectivity index (χ1) is 10.0. The van der Waals surface area contributed by atoms with Crippen LogP contribution in [0.5, 0.6) is 0 Å².